The molecule has 1 N–H and O–H groups in total. The highest BCUT2D eigenvalue weighted by atomic mass is 32.2. The van der Waals surface area contributed by atoms with E-state index >= 15 is 0 Å². The molecule has 1 heterocycles. The molecular formula is C18H17N3O2S. The molecular weight excluding hydrogens is 322 g/mol. The van der Waals surface area contributed by atoms with E-state index in [1.54, 1.807) is 0 Å². The lowest BCUT2D eigenvalue weighted by atomic mass is 10.1. The van der Waals surface area contributed by atoms with Crippen molar-refractivity contribution in [3.05, 3.63) is 59.7 Å². The lowest BCUT2D eigenvalue weighted by molar-refractivity contribution is -0.113. The fourth-order valence-electron chi connectivity index (χ4n) is 2.23. The summed E-state index contributed by atoms with van der Waals surface area (Å²) in [5.74, 6) is 0.559. The minimum atomic E-state index is -0.105. The summed E-state index contributed by atoms with van der Waals surface area (Å²) in [6.45, 7) is 3.99. The monoisotopic (exact) mass is 339 g/mol. The van der Waals surface area contributed by atoms with Crippen LogP contribution in [0.15, 0.2) is 58.2 Å². The molecule has 5 nitrogen and oxygen atoms in total. The first-order chi connectivity index (χ1) is 11.6. The molecule has 0 aliphatic rings. The van der Waals surface area contributed by atoms with Crippen LogP contribution in [0.1, 0.15) is 11.1 Å². The molecule has 0 aliphatic carbocycles. The number of hydrogen-bond acceptors (Lipinski definition) is 5. The summed E-state index contributed by atoms with van der Waals surface area (Å²) in [7, 11) is 0. The third-order valence-electron chi connectivity index (χ3n) is 3.41. The largest absolute Gasteiger partial charge is 0.411 e. The second-order valence-corrected chi connectivity index (χ2v) is 6.32. The number of benzene rings is 2. The van der Waals surface area contributed by atoms with Gasteiger partial charge in [-0.2, -0.15) is 0 Å². The lowest BCUT2D eigenvalue weighted by Gasteiger charge is -2.08. The molecule has 3 rings (SSSR count). The SMILES string of the molecule is Cc1ccc(NC(=O)CSc2nnc(-c3ccccc3)o2)c(C)c1. The van der Waals surface area contributed by atoms with Crippen LogP contribution in [0.25, 0.3) is 11.5 Å². The van der Waals surface area contributed by atoms with E-state index < -0.39 is 0 Å². The van der Waals surface area contributed by atoms with E-state index in [0.29, 0.717) is 11.1 Å². The average Bonchev–Trinajstić information content (AvgIpc) is 3.05. The zero-order valence-electron chi connectivity index (χ0n) is 13.4. The predicted octanol–water partition coefficient (Wildman–Crippen LogP) is 4.08. The molecule has 0 saturated heterocycles. The van der Waals surface area contributed by atoms with E-state index in [1.807, 2.05) is 62.4 Å². The molecule has 0 spiro atoms. The Labute approximate surface area is 144 Å². The van der Waals surface area contributed by atoms with Crippen LogP contribution in [-0.4, -0.2) is 21.9 Å². The maximum Gasteiger partial charge on any atom is 0.277 e. The Kier molecular flexibility index (Phi) is 4.96. The van der Waals surface area contributed by atoms with Gasteiger partial charge in [-0.25, -0.2) is 0 Å². The van der Waals surface area contributed by atoms with Gasteiger partial charge < -0.3 is 9.73 Å². The quantitative estimate of drug-likeness (QED) is 0.709. The molecule has 122 valence electrons. The van der Waals surface area contributed by atoms with Crippen molar-refractivity contribution >= 4 is 23.4 Å². The summed E-state index contributed by atoms with van der Waals surface area (Å²) in [6, 6.07) is 15.4. The van der Waals surface area contributed by atoms with E-state index in [1.165, 1.54) is 17.3 Å². The van der Waals surface area contributed by atoms with Crippen molar-refractivity contribution in [1.29, 1.82) is 0 Å². The van der Waals surface area contributed by atoms with E-state index in [2.05, 4.69) is 15.5 Å². The van der Waals surface area contributed by atoms with Gasteiger partial charge >= 0.3 is 0 Å². The number of rotatable bonds is 5. The number of thioether (sulfide) groups is 1. The molecule has 0 atom stereocenters. The Hall–Kier alpha value is -2.60. The van der Waals surface area contributed by atoms with Crippen LogP contribution in [0.5, 0.6) is 0 Å². The van der Waals surface area contributed by atoms with Crippen LogP contribution in [0, 0.1) is 13.8 Å². The topological polar surface area (TPSA) is 68.0 Å². The number of aromatic nitrogens is 2. The standard InChI is InChI=1S/C18H17N3O2S/c1-12-8-9-15(13(2)10-12)19-16(22)11-24-18-21-20-17(23-18)14-6-4-3-5-7-14/h3-10H,11H2,1-2H3,(H,19,22). The third-order valence-corrected chi connectivity index (χ3v) is 4.23. The van der Waals surface area contributed by atoms with Crippen molar-refractivity contribution in [3.63, 3.8) is 0 Å². The highest BCUT2D eigenvalue weighted by Crippen LogP contribution is 2.23. The number of carbonyl (C=O) groups excluding carboxylic acids is 1. The molecule has 0 radical (unpaired) electrons. The maximum absolute atomic E-state index is 12.1. The molecule has 1 aromatic heterocycles. The zero-order chi connectivity index (χ0) is 16.9. The molecule has 0 saturated carbocycles. The van der Waals surface area contributed by atoms with Crippen molar-refractivity contribution in [3.8, 4) is 11.5 Å². The van der Waals surface area contributed by atoms with Gasteiger partial charge in [-0.3, -0.25) is 4.79 Å². The van der Waals surface area contributed by atoms with E-state index in [4.69, 9.17) is 4.42 Å². The first kappa shape index (κ1) is 16.3. The van der Waals surface area contributed by atoms with Gasteiger partial charge in [0.1, 0.15) is 0 Å². The van der Waals surface area contributed by atoms with Crippen LogP contribution in [0.2, 0.25) is 0 Å². The number of amides is 1. The molecule has 0 fully saturated rings. The van der Waals surface area contributed by atoms with Gasteiger partial charge in [0.05, 0.1) is 5.75 Å². The first-order valence-electron chi connectivity index (χ1n) is 7.50. The zero-order valence-corrected chi connectivity index (χ0v) is 14.3. The van der Waals surface area contributed by atoms with Gasteiger partial charge in [0, 0.05) is 11.3 Å². The molecule has 1 amide bonds. The highest BCUT2D eigenvalue weighted by Gasteiger charge is 2.11. The Balaban J connectivity index is 1.58. The lowest BCUT2D eigenvalue weighted by Crippen LogP contribution is -2.14. The van der Waals surface area contributed by atoms with Gasteiger partial charge in [-0.15, -0.1) is 10.2 Å². The molecule has 2 aromatic carbocycles. The van der Waals surface area contributed by atoms with Crippen molar-refractivity contribution in [2.24, 2.45) is 0 Å². The molecule has 0 bridgehead atoms. The van der Waals surface area contributed by atoms with E-state index in [9.17, 15) is 4.79 Å². The van der Waals surface area contributed by atoms with Crippen molar-refractivity contribution in [2.75, 3.05) is 11.1 Å². The molecule has 24 heavy (non-hydrogen) atoms. The van der Waals surface area contributed by atoms with Crippen molar-refractivity contribution in [1.82, 2.24) is 10.2 Å². The van der Waals surface area contributed by atoms with Crippen LogP contribution in [0.4, 0.5) is 5.69 Å². The Morgan fingerprint density at radius 1 is 1.12 bits per heavy atom. The fourth-order valence-corrected chi connectivity index (χ4v) is 2.80. The minimum absolute atomic E-state index is 0.105. The maximum atomic E-state index is 12.1. The minimum Gasteiger partial charge on any atom is -0.411 e. The summed E-state index contributed by atoms with van der Waals surface area (Å²) in [4.78, 5) is 12.1. The average molecular weight is 339 g/mol. The first-order valence-corrected chi connectivity index (χ1v) is 8.49. The van der Waals surface area contributed by atoms with Crippen molar-refractivity contribution < 1.29 is 9.21 Å². The number of aryl methyl sites for hydroxylation is 2. The number of anilines is 1. The van der Waals surface area contributed by atoms with Gasteiger partial charge in [0.15, 0.2) is 0 Å². The molecule has 3 aromatic rings. The van der Waals surface area contributed by atoms with Gasteiger partial charge in [0.2, 0.25) is 11.8 Å². The van der Waals surface area contributed by atoms with Gasteiger partial charge in [-0.1, -0.05) is 47.7 Å². The molecule has 6 heteroatoms. The number of nitrogens with one attached hydrogen (secondary N) is 1. The van der Waals surface area contributed by atoms with Gasteiger partial charge in [-0.05, 0) is 37.6 Å². The number of carbonyl (C=O) groups is 1. The Morgan fingerprint density at radius 3 is 2.67 bits per heavy atom. The second kappa shape index (κ2) is 7.31. The Morgan fingerprint density at radius 2 is 1.92 bits per heavy atom. The summed E-state index contributed by atoms with van der Waals surface area (Å²) in [5.41, 5.74) is 3.88. The van der Waals surface area contributed by atoms with Crippen molar-refractivity contribution in [2.45, 2.75) is 19.1 Å². The van der Waals surface area contributed by atoms with Crippen LogP contribution in [0.3, 0.4) is 0 Å². The fraction of sp³-hybridized carbons (Fsp3) is 0.167. The normalized spacial score (nSPS) is 10.6. The van der Waals surface area contributed by atoms with E-state index in [-0.39, 0.29) is 11.7 Å². The van der Waals surface area contributed by atoms with Crippen LogP contribution < -0.4 is 5.32 Å². The second-order valence-electron chi connectivity index (χ2n) is 5.39. The van der Waals surface area contributed by atoms with Gasteiger partial charge in [0.25, 0.3) is 5.22 Å². The summed E-state index contributed by atoms with van der Waals surface area (Å²) in [6.07, 6.45) is 0. The Bertz CT molecular complexity index is 846. The van der Waals surface area contributed by atoms with Crippen LogP contribution in [-0.2, 0) is 4.79 Å². The molecule has 0 aliphatic heterocycles. The molecule has 0 unspecified atom stereocenters. The van der Waals surface area contributed by atoms with E-state index in [0.717, 1.165) is 16.8 Å². The summed E-state index contributed by atoms with van der Waals surface area (Å²) < 4.78 is 5.57. The third kappa shape index (κ3) is 4.02. The predicted molar refractivity (Wildman–Crippen MR) is 95.0 cm³/mol. The summed E-state index contributed by atoms with van der Waals surface area (Å²) in [5, 5.41) is 11.2. The smallest absolute Gasteiger partial charge is 0.277 e. The number of hydrogen-bond donors (Lipinski definition) is 1. The highest BCUT2D eigenvalue weighted by molar-refractivity contribution is 7.99. The number of nitrogens with zero attached hydrogens (tertiary/aromatic N) is 2. The van der Waals surface area contributed by atoms with Crippen LogP contribution >= 0.6 is 11.8 Å². The summed E-state index contributed by atoms with van der Waals surface area (Å²) >= 11 is 1.22.